The molecule has 0 saturated carbocycles. The third-order valence-corrected chi connectivity index (χ3v) is 11.8. The van der Waals surface area contributed by atoms with Gasteiger partial charge in [0.15, 0.2) is 16.4 Å². The summed E-state index contributed by atoms with van der Waals surface area (Å²) in [4.78, 5) is 54.8. The highest BCUT2D eigenvalue weighted by Crippen LogP contribution is 2.26. The molecule has 16 nitrogen and oxygen atoms in total. The number of morpholine rings is 2. The van der Waals surface area contributed by atoms with Crippen LogP contribution in [-0.4, -0.2) is 121 Å². The molecule has 2 amide bonds. The van der Waals surface area contributed by atoms with Crippen LogP contribution in [-0.2, 0) is 48.2 Å². The Bertz CT molecular complexity index is 2720. The summed E-state index contributed by atoms with van der Waals surface area (Å²) < 4.78 is 20.1. The predicted octanol–water partition coefficient (Wildman–Crippen LogP) is 4.55. The second-order valence-corrected chi connectivity index (χ2v) is 16.1. The van der Waals surface area contributed by atoms with E-state index in [0.717, 1.165) is 25.7 Å². The summed E-state index contributed by atoms with van der Waals surface area (Å²) in [7, 11) is 0. The van der Waals surface area contributed by atoms with E-state index in [4.69, 9.17) is 25.8 Å². The van der Waals surface area contributed by atoms with Gasteiger partial charge in [0.2, 0.25) is 16.7 Å². The van der Waals surface area contributed by atoms with Crippen molar-refractivity contribution in [1.29, 1.82) is 0 Å². The van der Waals surface area contributed by atoms with Crippen molar-refractivity contribution in [3.05, 3.63) is 132 Å². The van der Waals surface area contributed by atoms with E-state index in [1.54, 1.807) is 37.4 Å². The van der Waals surface area contributed by atoms with Gasteiger partial charge in [0.1, 0.15) is 17.2 Å². The normalized spacial score (nSPS) is 15.9. The molecule has 17 heteroatoms. The van der Waals surface area contributed by atoms with Gasteiger partial charge in [-0.1, -0.05) is 67.6 Å². The highest BCUT2D eigenvalue weighted by Gasteiger charge is 2.27. The number of hydrogen-bond acceptors (Lipinski definition) is 12. The van der Waals surface area contributed by atoms with Gasteiger partial charge in [0.05, 0.1) is 43.3 Å². The van der Waals surface area contributed by atoms with E-state index >= 15 is 0 Å². The number of pyridine rings is 2. The Morgan fingerprint density at radius 2 is 1.09 bits per heavy atom. The molecule has 6 heterocycles. The first-order chi connectivity index (χ1) is 30.6. The molecule has 4 aromatic heterocycles. The Hall–Kier alpha value is -6.07. The molecule has 2 saturated heterocycles. The van der Waals surface area contributed by atoms with Crippen LogP contribution in [0.2, 0.25) is 5.15 Å². The van der Waals surface area contributed by atoms with Crippen molar-refractivity contribution in [2.24, 2.45) is 0 Å². The summed E-state index contributed by atoms with van der Waals surface area (Å²) >= 11 is 5.83. The first kappa shape index (κ1) is 45.9. The van der Waals surface area contributed by atoms with E-state index < -0.39 is 0 Å². The van der Waals surface area contributed by atoms with Crippen LogP contribution >= 0.6 is 11.6 Å². The van der Waals surface area contributed by atoms with Gasteiger partial charge in [-0.25, -0.2) is 0 Å². The molecule has 2 fully saturated rings. The van der Waals surface area contributed by atoms with Crippen molar-refractivity contribution in [1.82, 2.24) is 39.3 Å². The zero-order valence-corrected chi connectivity index (χ0v) is 36.0. The summed E-state index contributed by atoms with van der Waals surface area (Å²) in [6.07, 6.45) is 6.24. The summed E-state index contributed by atoms with van der Waals surface area (Å²) in [6, 6.07) is 19.6. The molecule has 0 radical (unpaired) electrons. The van der Waals surface area contributed by atoms with E-state index in [2.05, 4.69) is 44.7 Å². The number of fused-ring (bicyclic) bond motifs is 4. The van der Waals surface area contributed by atoms with Gasteiger partial charge in [-0.15, -0.1) is 20.4 Å². The lowest BCUT2D eigenvalue weighted by Crippen LogP contribution is -2.42. The number of aromatic nitrogens is 6. The Balaban J connectivity index is 0.000000161. The second-order valence-electron chi connectivity index (χ2n) is 15.7. The van der Waals surface area contributed by atoms with Crippen LogP contribution in [0.3, 0.4) is 0 Å². The lowest BCUT2D eigenvalue weighted by molar-refractivity contribution is 0.0300. The third kappa shape index (κ3) is 10.00. The molecule has 1 N–H and O–H groups in total. The summed E-state index contributed by atoms with van der Waals surface area (Å²) in [6.45, 7) is 8.83. The molecule has 0 bridgehead atoms. The molecule has 0 spiro atoms. The largest absolute Gasteiger partial charge is 0.473 e. The summed E-state index contributed by atoms with van der Waals surface area (Å²) in [5, 5.41) is 26.2. The number of aryl methyl sites for hydroxylation is 2. The van der Waals surface area contributed by atoms with Crippen molar-refractivity contribution in [2.75, 3.05) is 52.6 Å². The molecule has 0 unspecified atom stereocenters. The Morgan fingerprint density at radius 3 is 1.55 bits per heavy atom. The highest BCUT2D eigenvalue weighted by molar-refractivity contribution is 6.29. The van der Waals surface area contributed by atoms with Gasteiger partial charge in [0.25, 0.3) is 11.8 Å². The lowest BCUT2D eigenvalue weighted by atomic mass is 10.1. The van der Waals surface area contributed by atoms with E-state index in [9.17, 15) is 24.3 Å². The average molecular weight is 893 g/mol. The van der Waals surface area contributed by atoms with Crippen LogP contribution in [0.15, 0.2) is 82.6 Å². The number of aliphatic hydroxyl groups excluding tert-OH is 1. The number of rotatable bonds is 6. The fraction of sp³-hybridized carbons (Fsp3) is 0.404. The van der Waals surface area contributed by atoms with Crippen molar-refractivity contribution in [2.45, 2.75) is 72.3 Å². The quantitative estimate of drug-likeness (QED) is 0.247. The third-order valence-electron chi connectivity index (χ3n) is 11.7. The van der Waals surface area contributed by atoms with Gasteiger partial charge >= 0.3 is 0 Å². The van der Waals surface area contributed by atoms with E-state index in [0.29, 0.717) is 93.6 Å². The van der Waals surface area contributed by atoms with Crippen LogP contribution < -0.4 is 15.6 Å². The molecule has 10 rings (SSSR count). The Labute approximate surface area is 375 Å². The average Bonchev–Trinajstić information content (AvgIpc) is 3.92. The first-order valence-electron chi connectivity index (χ1n) is 21.3. The number of benzene rings is 2. The van der Waals surface area contributed by atoms with Crippen LogP contribution in [0.5, 0.6) is 5.88 Å². The molecule has 64 heavy (non-hydrogen) atoms. The highest BCUT2D eigenvalue weighted by atomic mass is 35.5. The van der Waals surface area contributed by atoms with E-state index in [1.807, 2.05) is 38.1 Å². The maximum absolute atomic E-state index is 13.2. The number of carbonyl (C=O) groups is 2. The van der Waals surface area contributed by atoms with Crippen molar-refractivity contribution >= 4 is 45.5 Å². The number of halogens is 1. The monoisotopic (exact) mass is 892 g/mol. The molecule has 4 aliphatic rings. The fourth-order valence-corrected chi connectivity index (χ4v) is 8.50. The SMILES string of the molecule is C.CCn1cc(C(=O)N2CCOCC2)c(=O)c2cc(Cl)nnc21.CCn1cc(C(=O)N2CCOCC2)c(=O)c2cc(OC3Cc4ccccc4C3)nnc21.OC1Cc2ccccc2C1. The van der Waals surface area contributed by atoms with Crippen LogP contribution in [0, 0.1) is 0 Å². The summed E-state index contributed by atoms with van der Waals surface area (Å²) in [5.41, 5.74) is 5.61. The number of ether oxygens (including phenoxy) is 3. The summed E-state index contributed by atoms with van der Waals surface area (Å²) in [5.74, 6) is -0.255. The zero-order chi connectivity index (χ0) is 44.0. The number of amides is 2. The molecular weight excluding hydrogens is 840 g/mol. The van der Waals surface area contributed by atoms with Gasteiger partial charge in [-0.3, -0.25) is 19.2 Å². The van der Waals surface area contributed by atoms with Gasteiger partial charge in [-0.05, 0) is 55.0 Å². The van der Waals surface area contributed by atoms with Gasteiger partial charge < -0.3 is 38.3 Å². The zero-order valence-electron chi connectivity index (χ0n) is 35.2. The van der Waals surface area contributed by atoms with Gasteiger partial charge in [0, 0.05) is 70.6 Å². The standard InChI is InChI=1S/C23H24N4O4.C14H15ClN4O3.C9H10O.CH4/c1-2-26-14-19(23(29)27-7-9-30-10-8-27)21(28)18-13-20(24-25-22(18)26)31-17-11-15-5-3-4-6-16(15)12-17;1-2-18-8-10(14(21)19-3-5-22-6-4-19)12(20)9-7-11(15)16-17-13(9)18;10-9-5-7-3-1-2-4-8(7)6-9;/h3-6,13-14,17H,2,7-12H2,1H3;7-8H,2-6H2,1H3;1-4,9-10H,5-6H2;1H4. The van der Waals surface area contributed by atoms with Crippen molar-refractivity contribution in [3.63, 3.8) is 0 Å². The van der Waals surface area contributed by atoms with E-state index in [1.165, 1.54) is 28.3 Å². The molecular formula is C47H53ClN8O8. The second kappa shape index (κ2) is 20.6. The maximum Gasteiger partial charge on any atom is 0.259 e. The minimum atomic E-state index is -0.368. The van der Waals surface area contributed by atoms with Crippen molar-refractivity contribution < 1.29 is 28.9 Å². The molecule has 2 aromatic carbocycles. The fourth-order valence-electron chi connectivity index (χ4n) is 8.35. The molecule has 336 valence electrons. The topological polar surface area (TPSA) is 184 Å². The Kier molecular flexibility index (Phi) is 14.8. The smallest absolute Gasteiger partial charge is 0.259 e. The molecule has 2 aliphatic carbocycles. The number of hydrogen-bond donors (Lipinski definition) is 1. The van der Waals surface area contributed by atoms with Crippen LogP contribution in [0.4, 0.5) is 0 Å². The number of aliphatic hydroxyl groups is 1. The van der Waals surface area contributed by atoms with Crippen LogP contribution in [0.1, 0.15) is 64.2 Å². The maximum atomic E-state index is 13.2. The predicted molar refractivity (Wildman–Crippen MR) is 242 cm³/mol. The molecule has 6 aromatic rings. The number of carbonyl (C=O) groups excluding carboxylic acids is 2. The minimum absolute atomic E-state index is 0. The molecule has 0 atom stereocenters. The van der Waals surface area contributed by atoms with Crippen molar-refractivity contribution in [3.8, 4) is 5.88 Å². The number of nitrogens with zero attached hydrogens (tertiary/aromatic N) is 8. The minimum Gasteiger partial charge on any atom is -0.473 e. The van der Waals surface area contributed by atoms with E-state index in [-0.39, 0.29) is 58.6 Å². The van der Waals surface area contributed by atoms with Gasteiger partial charge in [-0.2, -0.15) is 0 Å². The lowest BCUT2D eigenvalue weighted by Gasteiger charge is -2.27. The Morgan fingerprint density at radius 1 is 0.672 bits per heavy atom. The molecule has 2 aliphatic heterocycles. The first-order valence-corrected chi connectivity index (χ1v) is 21.7. The van der Waals surface area contributed by atoms with Crippen LogP contribution in [0.25, 0.3) is 22.1 Å².